The second-order valence-corrected chi connectivity index (χ2v) is 2.86. The van der Waals surface area contributed by atoms with Crippen LogP contribution in [0.3, 0.4) is 0 Å². The van der Waals surface area contributed by atoms with E-state index in [4.69, 9.17) is 10.2 Å². The van der Waals surface area contributed by atoms with E-state index in [1.807, 2.05) is 0 Å². The van der Waals surface area contributed by atoms with E-state index >= 15 is 0 Å². The number of pyridine rings is 1. The number of aromatic nitrogens is 2. The molecule has 0 radical (unpaired) electrons. The molecular weight excluding hydrogens is 184 g/mol. The summed E-state index contributed by atoms with van der Waals surface area (Å²) < 4.78 is 1.44. The van der Waals surface area contributed by atoms with Crippen molar-refractivity contribution in [1.29, 1.82) is 0 Å². The molecule has 14 heavy (non-hydrogen) atoms. The molecule has 2 heterocycles. The van der Waals surface area contributed by atoms with Crippen molar-refractivity contribution >= 4 is 11.5 Å². The van der Waals surface area contributed by atoms with Crippen molar-refractivity contribution in [3.05, 3.63) is 35.7 Å². The van der Waals surface area contributed by atoms with E-state index in [2.05, 4.69) is 5.10 Å². The second-order valence-electron chi connectivity index (χ2n) is 2.86. The van der Waals surface area contributed by atoms with Crippen LogP contribution in [-0.2, 0) is 6.61 Å². The van der Waals surface area contributed by atoms with E-state index in [0.29, 0.717) is 11.1 Å². The van der Waals surface area contributed by atoms with E-state index in [1.54, 1.807) is 18.3 Å². The molecular formula is C9H8N2O3. The summed E-state index contributed by atoms with van der Waals surface area (Å²) in [5.41, 5.74) is 1.26. The van der Waals surface area contributed by atoms with Crippen molar-refractivity contribution in [3.63, 3.8) is 0 Å². The zero-order chi connectivity index (χ0) is 10.1. The van der Waals surface area contributed by atoms with Gasteiger partial charge in [-0.1, -0.05) is 6.07 Å². The number of carboxylic acid groups (broad SMARTS) is 1. The van der Waals surface area contributed by atoms with Gasteiger partial charge in [-0.05, 0) is 12.1 Å². The van der Waals surface area contributed by atoms with Crippen LogP contribution in [0.4, 0.5) is 0 Å². The first-order valence-corrected chi connectivity index (χ1v) is 4.04. The van der Waals surface area contributed by atoms with Crippen LogP contribution in [0.25, 0.3) is 5.52 Å². The summed E-state index contributed by atoms with van der Waals surface area (Å²) in [5, 5.41) is 21.5. The zero-order valence-electron chi connectivity index (χ0n) is 7.21. The Labute approximate surface area is 79.2 Å². The van der Waals surface area contributed by atoms with Gasteiger partial charge in [0.2, 0.25) is 0 Å². The molecule has 2 N–H and O–H groups in total. The molecule has 0 fully saturated rings. The van der Waals surface area contributed by atoms with Crippen molar-refractivity contribution in [3.8, 4) is 0 Å². The third-order valence-corrected chi connectivity index (χ3v) is 1.98. The highest BCUT2D eigenvalue weighted by Crippen LogP contribution is 2.12. The lowest BCUT2D eigenvalue weighted by Crippen LogP contribution is -1.97. The zero-order valence-corrected chi connectivity index (χ0v) is 7.21. The monoisotopic (exact) mass is 192 g/mol. The number of carboxylic acids is 1. The van der Waals surface area contributed by atoms with Gasteiger partial charge in [0.05, 0.1) is 12.1 Å². The lowest BCUT2D eigenvalue weighted by molar-refractivity contribution is 0.0690. The van der Waals surface area contributed by atoms with Gasteiger partial charge in [-0.3, -0.25) is 0 Å². The highest BCUT2D eigenvalue weighted by atomic mass is 16.4. The normalized spacial score (nSPS) is 10.6. The number of hydrogen-bond donors (Lipinski definition) is 2. The fourth-order valence-electron chi connectivity index (χ4n) is 1.31. The fraction of sp³-hybridized carbons (Fsp3) is 0.111. The number of nitrogens with zero attached hydrogens (tertiary/aromatic N) is 2. The molecule has 0 aromatic carbocycles. The molecule has 5 nitrogen and oxygen atoms in total. The predicted octanol–water partition coefficient (Wildman–Crippen LogP) is 0.525. The van der Waals surface area contributed by atoms with Crippen molar-refractivity contribution in [2.45, 2.75) is 6.61 Å². The smallest absolute Gasteiger partial charge is 0.356 e. The van der Waals surface area contributed by atoms with Crippen molar-refractivity contribution < 1.29 is 15.0 Å². The first-order valence-electron chi connectivity index (χ1n) is 4.04. The second kappa shape index (κ2) is 3.12. The average molecular weight is 192 g/mol. The van der Waals surface area contributed by atoms with Crippen LogP contribution >= 0.6 is 0 Å². The predicted molar refractivity (Wildman–Crippen MR) is 48.1 cm³/mol. The van der Waals surface area contributed by atoms with Gasteiger partial charge < -0.3 is 10.2 Å². The number of hydrogen-bond acceptors (Lipinski definition) is 3. The van der Waals surface area contributed by atoms with Crippen LogP contribution in [0.2, 0.25) is 0 Å². The molecule has 2 rings (SSSR count). The van der Waals surface area contributed by atoms with E-state index < -0.39 is 5.97 Å². The molecule has 0 bridgehead atoms. The maximum atomic E-state index is 10.6. The number of rotatable bonds is 2. The summed E-state index contributed by atoms with van der Waals surface area (Å²) in [6.07, 6.45) is 1.64. The van der Waals surface area contributed by atoms with E-state index in [9.17, 15) is 4.79 Å². The van der Waals surface area contributed by atoms with Gasteiger partial charge in [0.25, 0.3) is 0 Å². The summed E-state index contributed by atoms with van der Waals surface area (Å²) in [6, 6.07) is 4.87. The molecule has 0 atom stereocenters. The minimum Gasteiger partial charge on any atom is -0.476 e. The lowest BCUT2D eigenvalue weighted by Gasteiger charge is -1.97. The Morgan fingerprint density at radius 2 is 2.36 bits per heavy atom. The summed E-state index contributed by atoms with van der Waals surface area (Å²) in [4.78, 5) is 10.6. The van der Waals surface area contributed by atoms with Crippen LogP contribution in [0.15, 0.2) is 24.4 Å². The molecule has 0 aliphatic rings. The van der Waals surface area contributed by atoms with E-state index in [1.165, 1.54) is 10.6 Å². The van der Waals surface area contributed by atoms with Gasteiger partial charge in [-0.2, -0.15) is 5.10 Å². The third-order valence-electron chi connectivity index (χ3n) is 1.98. The van der Waals surface area contributed by atoms with E-state index in [-0.39, 0.29) is 12.3 Å². The van der Waals surface area contributed by atoms with Crippen LogP contribution < -0.4 is 0 Å². The van der Waals surface area contributed by atoms with Crippen LogP contribution in [0.1, 0.15) is 16.1 Å². The fourth-order valence-corrected chi connectivity index (χ4v) is 1.31. The minimum atomic E-state index is -1.07. The molecule has 72 valence electrons. The standard InChI is InChI=1S/C9H8N2O3/c12-5-6-2-1-3-11-8(6)4-7(10-11)9(13)14/h1-4,12H,5H2,(H,13,14). The van der Waals surface area contributed by atoms with E-state index in [0.717, 1.165) is 0 Å². The first-order chi connectivity index (χ1) is 6.72. The molecule has 5 heteroatoms. The molecule has 0 unspecified atom stereocenters. The topological polar surface area (TPSA) is 74.8 Å². The van der Waals surface area contributed by atoms with Gasteiger partial charge >= 0.3 is 5.97 Å². The largest absolute Gasteiger partial charge is 0.476 e. The van der Waals surface area contributed by atoms with Crippen molar-refractivity contribution in [1.82, 2.24) is 9.61 Å². The Hall–Kier alpha value is -1.88. The molecule has 2 aromatic rings. The average Bonchev–Trinajstić information content (AvgIpc) is 2.60. The third kappa shape index (κ3) is 1.23. The van der Waals surface area contributed by atoms with Gasteiger partial charge in [0.1, 0.15) is 0 Å². The van der Waals surface area contributed by atoms with Gasteiger partial charge in [-0.15, -0.1) is 0 Å². The number of aliphatic hydroxyl groups excluding tert-OH is 1. The Morgan fingerprint density at radius 1 is 1.57 bits per heavy atom. The molecule has 2 aromatic heterocycles. The minimum absolute atomic E-state index is 0.0223. The molecule has 0 aliphatic heterocycles. The highest BCUT2D eigenvalue weighted by molar-refractivity contribution is 5.87. The van der Waals surface area contributed by atoms with Gasteiger partial charge in [-0.25, -0.2) is 9.31 Å². The Morgan fingerprint density at radius 3 is 3.00 bits per heavy atom. The number of aliphatic hydroxyl groups is 1. The summed E-state index contributed by atoms with van der Waals surface area (Å²) in [7, 11) is 0. The number of aromatic carboxylic acids is 1. The van der Waals surface area contributed by atoms with Crippen LogP contribution in [-0.4, -0.2) is 25.8 Å². The Balaban J connectivity index is 2.70. The SMILES string of the molecule is O=C(O)c1cc2c(CO)cccn2n1. The Kier molecular flexibility index (Phi) is 1.94. The van der Waals surface area contributed by atoms with Crippen LogP contribution in [0, 0.1) is 0 Å². The van der Waals surface area contributed by atoms with Crippen molar-refractivity contribution in [2.24, 2.45) is 0 Å². The summed E-state index contributed by atoms with van der Waals surface area (Å²) in [6.45, 7) is -0.130. The van der Waals surface area contributed by atoms with Gasteiger partial charge in [0, 0.05) is 11.8 Å². The quantitative estimate of drug-likeness (QED) is 0.727. The lowest BCUT2D eigenvalue weighted by atomic mass is 10.2. The van der Waals surface area contributed by atoms with Crippen LogP contribution in [0.5, 0.6) is 0 Å². The first kappa shape index (κ1) is 8.71. The molecule has 0 aliphatic carbocycles. The summed E-state index contributed by atoms with van der Waals surface area (Å²) in [5.74, 6) is -1.07. The Bertz CT molecular complexity index is 490. The maximum absolute atomic E-state index is 10.6. The number of fused-ring (bicyclic) bond motifs is 1. The molecule has 0 spiro atoms. The van der Waals surface area contributed by atoms with Crippen molar-refractivity contribution in [2.75, 3.05) is 0 Å². The maximum Gasteiger partial charge on any atom is 0.356 e. The molecule has 0 saturated carbocycles. The highest BCUT2D eigenvalue weighted by Gasteiger charge is 2.10. The molecule has 0 saturated heterocycles. The summed E-state index contributed by atoms with van der Waals surface area (Å²) >= 11 is 0. The number of carbonyl (C=O) groups is 1. The van der Waals surface area contributed by atoms with Gasteiger partial charge in [0.15, 0.2) is 5.69 Å². The molecule has 0 amide bonds.